The van der Waals surface area contributed by atoms with Crippen molar-refractivity contribution in [2.24, 2.45) is 0 Å². The Balaban J connectivity index is 1.25. The van der Waals surface area contributed by atoms with Gasteiger partial charge in [0.1, 0.15) is 41.4 Å². The normalized spacial score (nSPS) is 19.4. The van der Waals surface area contributed by atoms with Crippen molar-refractivity contribution in [2.75, 3.05) is 25.6 Å². The molecule has 5 aromatic carbocycles. The van der Waals surface area contributed by atoms with Crippen LogP contribution in [0.25, 0.3) is 22.2 Å². The summed E-state index contributed by atoms with van der Waals surface area (Å²) in [7, 11) is 1.66. The van der Waals surface area contributed by atoms with Crippen LogP contribution < -0.4 is 5.32 Å². The number of benzene rings is 5. The van der Waals surface area contributed by atoms with E-state index in [-0.39, 0.29) is 19.0 Å². The maximum Gasteiger partial charge on any atom is 0.165 e. The van der Waals surface area contributed by atoms with Gasteiger partial charge in [-0.1, -0.05) is 121 Å². The Labute approximate surface area is 325 Å². The Hall–Kier alpha value is -5.75. The zero-order chi connectivity index (χ0) is 38.2. The van der Waals surface area contributed by atoms with Crippen LogP contribution in [0.3, 0.4) is 0 Å². The second-order valence-corrected chi connectivity index (χ2v) is 13.8. The Kier molecular flexibility index (Phi) is 11.5. The summed E-state index contributed by atoms with van der Waals surface area (Å²) in [6.07, 6.45) is 1.50. The molecule has 8 rings (SSSR count). The molecule has 0 aliphatic carbocycles. The minimum Gasteiger partial charge on any atom is -0.381 e. The van der Waals surface area contributed by atoms with Gasteiger partial charge in [0.15, 0.2) is 6.23 Å². The second-order valence-electron chi connectivity index (χ2n) is 13.8. The van der Waals surface area contributed by atoms with Crippen LogP contribution in [-0.4, -0.2) is 52.7 Å². The molecule has 284 valence electrons. The highest BCUT2D eigenvalue weighted by molar-refractivity contribution is 6.02. The third-order valence-electron chi connectivity index (χ3n) is 9.93. The van der Waals surface area contributed by atoms with Crippen LogP contribution in [0.5, 0.6) is 0 Å². The first-order valence-corrected chi connectivity index (χ1v) is 18.6. The van der Waals surface area contributed by atoms with Gasteiger partial charge in [-0.3, -0.25) is 0 Å². The van der Waals surface area contributed by atoms with Gasteiger partial charge in [0.25, 0.3) is 0 Å². The molecule has 1 aliphatic heterocycles. The van der Waals surface area contributed by atoms with Crippen LogP contribution in [0.15, 0.2) is 158 Å². The number of nitrogens with one attached hydrogen (secondary N) is 1. The van der Waals surface area contributed by atoms with E-state index in [1.807, 2.05) is 132 Å². The third-order valence-corrected chi connectivity index (χ3v) is 9.93. The van der Waals surface area contributed by atoms with E-state index >= 15 is 0 Å². The molecule has 0 radical (unpaired) electrons. The predicted molar refractivity (Wildman–Crippen MR) is 214 cm³/mol. The quantitative estimate of drug-likeness (QED) is 0.105. The van der Waals surface area contributed by atoms with Crippen molar-refractivity contribution in [1.29, 1.82) is 0 Å². The Bertz CT molecular complexity index is 2300. The second kappa shape index (κ2) is 17.4. The summed E-state index contributed by atoms with van der Waals surface area (Å²) in [5, 5.41) is 4.17. The van der Waals surface area contributed by atoms with Gasteiger partial charge in [0.05, 0.1) is 38.4 Å². The van der Waals surface area contributed by atoms with Crippen molar-refractivity contribution in [2.45, 2.75) is 43.9 Å². The lowest BCUT2D eigenvalue weighted by Crippen LogP contribution is -2.52. The first-order valence-electron chi connectivity index (χ1n) is 18.6. The van der Waals surface area contributed by atoms with Gasteiger partial charge in [0, 0.05) is 24.6 Å². The fourth-order valence-electron chi connectivity index (χ4n) is 7.30. The molecule has 1 saturated heterocycles. The molecule has 1 N–H and O–H groups in total. The van der Waals surface area contributed by atoms with E-state index < -0.39 is 24.0 Å². The van der Waals surface area contributed by atoms with Crippen LogP contribution in [0.2, 0.25) is 0 Å². The van der Waals surface area contributed by atoms with Crippen molar-refractivity contribution < 1.29 is 28.1 Å². The third kappa shape index (κ3) is 8.25. The average molecular weight is 751 g/mol. The largest absolute Gasteiger partial charge is 0.381 e. The molecular formula is C46H43FN4O5. The molecule has 0 saturated carbocycles. The highest BCUT2D eigenvalue weighted by Gasteiger charge is 2.58. The SMILES string of the molecule is COC[C@]1(COCc2ccccc2)O[C@@H](n2cc(-c3ccccc3)c3c(Nc4ccc(F)cc4)ncnc32)[C@H](OCc2ccccc2)[C@@H]1OCc1ccccc1. The van der Waals surface area contributed by atoms with Gasteiger partial charge in [-0.2, -0.15) is 0 Å². The first-order chi connectivity index (χ1) is 27.6. The Morgan fingerprint density at radius 3 is 1.91 bits per heavy atom. The fourth-order valence-corrected chi connectivity index (χ4v) is 7.30. The molecule has 0 spiro atoms. The van der Waals surface area contributed by atoms with Crippen molar-refractivity contribution in [3.63, 3.8) is 0 Å². The lowest BCUT2D eigenvalue weighted by atomic mass is 9.96. The molecule has 0 bridgehead atoms. The number of halogens is 1. The molecule has 3 heterocycles. The molecule has 9 nitrogen and oxygen atoms in total. The van der Waals surface area contributed by atoms with E-state index in [0.29, 0.717) is 37.0 Å². The van der Waals surface area contributed by atoms with Gasteiger partial charge in [-0.25, -0.2) is 14.4 Å². The minimum atomic E-state index is -1.10. The van der Waals surface area contributed by atoms with Gasteiger partial charge in [-0.15, -0.1) is 0 Å². The van der Waals surface area contributed by atoms with Gasteiger partial charge < -0.3 is 33.6 Å². The fraction of sp³-hybridized carbons (Fsp3) is 0.217. The molecule has 4 atom stereocenters. The summed E-state index contributed by atoms with van der Waals surface area (Å²) in [6, 6.07) is 46.4. The van der Waals surface area contributed by atoms with Gasteiger partial charge in [0.2, 0.25) is 0 Å². The summed E-state index contributed by atoms with van der Waals surface area (Å²) in [4.78, 5) is 9.55. The summed E-state index contributed by atoms with van der Waals surface area (Å²) in [6.45, 7) is 1.32. The highest BCUT2D eigenvalue weighted by atomic mass is 19.1. The minimum absolute atomic E-state index is 0.161. The summed E-state index contributed by atoms with van der Waals surface area (Å²) < 4.78 is 49.5. The van der Waals surface area contributed by atoms with Crippen LogP contribution in [0, 0.1) is 5.82 Å². The topological polar surface area (TPSA) is 88.9 Å². The van der Waals surface area contributed by atoms with E-state index in [1.165, 1.54) is 18.5 Å². The van der Waals surface area contributed by atoms with Crippen molar-refractivity contribution in [3.05, 3.63) is 181 Å². The molecule has 2 aromatic heterocycles. The maximum atomic E-state index is 13.9. The molecule has 0 unspecified atom stereocenters. The average Bonchev–Trinajstić information content (AvgIpc) is 3.78. The number of fused-ring (bicyclic) bond motifs is 1. The van der Waals surface area contributed by atoms with Crippen LogP contribution in [-0.2, 0) is 43.5 Å². The Morgan fingerprint density at radius 1 is 0.696 bits per heavy atom. The van der Waals surface area contributed by atoms with Gasteiger partial charge >= 0.3 is 0 Å². The van der Waals surface area contributed by atoms with Crippen LogP contribution >= 0.6 is 0 Å². The Morgan fingerprint density at radius 2 is 1.29 bits per heavy atom. The van der Waals surface area contributed by atoms with E-state index in [1.54, 1.807) is 19.2 Å². The van der Waals surface area contributed by atoms with E-state index in [2.05, 4.69) is 10.3 Å². The monoisotopic (exact) mass is 750 g/mol. The lowest BCUT2D eigenvalue weighted by Gasteiger charge is -2.34. The molecule has 10 heteroatoms. The highest BCUT2D eigenvalue weighted by Crippen LogP contribution is 2.46. The van der Waals surface area contributed by atoms with E-state index in [0.717, 1.165) is 33.2 Å². The van der Waals surface area contributed by atoms with Crippen molar-refractivity contribution >= 4 is 22.5 Å². The summed E-state index contributed by atoms with van der Waals surface area (Å²) >= 11 is 0. The smallest absolute Gasteiger partial charge is 0.165 e. The van der Waals surface area contributed by atoms with E-state index in [4.69, 9.17) is 28.7 Å². The number of hydrogen-bond acceptors (Lipinski definition) is 8. The predicted octanol–water partition coefficient (Wildman–Crippen LogP) is 9.28. The van der Waals surface area contributed by atoms with Crippen molar-refractivity contribution in [1.82, 2.24) is 14.5 Å². The maximum absolute atomic E-state index is 13.9. The number of nitrogens with zero attached hydrogens (tertiary/aromatic N) is 3. The summed E-state index contributed by atoms with van der Waals surface area (Å²) in [5.74, 6) is 0.237. The van der Waals surface area contributed by atoms with Crippen LogP contribution in [0.4, 0.5) is 15.9 Å². The van der Waals surface area contributed by atoms with Crippen molar-refractivity contribution in [3.8, 4) is 11.1 Å². The molecular weight excluding hydrogens is 708 g/mol. The molecule has 0 amide bonds. The number of aromatic nitrogens is 3. The zero-order valence-electron chi connectivity index (χ0n) is 31.0. The lowest BCUT2D eigenvalue weighted by molar-refractivity contribution is -0.179. The molecule has 1 aliphatic rings. The number of ether oxygens (including phenoxy) is 5. The number of anilines is 2. The first kappa shape index (κ1) is 37.2. The number of rotatable bonds is 16. The summed E-state index contributed by atoms with van der Waals surface area (Å²) in [5.41, 5.74) is 5.09. The van der Waals surface area contributed by atoms with E-state index in [9.17, 15) is 4.39 Å². The van der Waals surface area contributed by atoms with Gasteiger partial charge in [-0.05, 0) is 46.5 Å². The zero-order valence-corrected chi connectivity index (χ0v) is 31.0. The molecule has 1 fully saturated rings. The number of hydrogen-bond donors (Lipinski definition) is 1. The number of methoxy groups -OCH3 is 1. The standard InChI is InChI=1S/C46H43FN4O5/c1-52-30-46(31-53-27-33-14-6-2-7-15-33)42(55-29-35-18-10-4-11-19-35)41(54-28-34-16-8-3-9-17-34)45(56-46)51-26-39(36-20-12-5-13-21-36)40-43(48-32-49-44(40)51)50-38-24-22-37(47)23-25-38/h2-26,32,41-42,45H,27-31H2,1H3,(H,48,49,50)/t41-,42+,45-,46-/m1/s1. The van der Waals surface area contributed by atoms with Crippen LogP contribution in [0.1, 0.15) is 22.9 Å². The molecule has 7 aromatic rings. The molecule has 56 heavy (non-hydrogen) atoms.